The summed E-state index contributed by atoms with van der Waals surface area (Å²) in [5.74, 6) is -0.138. The Morgan fingerprint density at radius 2 is 2.00 bits per heavy atom. The van der Waals surface area contributed by atoms with Gasteiger partial charge in [-0.1, -0.05) is 26.0 Å². The highest BCUT2D eigenvalue weighted by molar-refractivity contribution is 5.55. The van der Waals surface area contributed by atoms with Gasteiger partial charge in [-0.3, -0.25) is 0 Å². The van der Waals surface area contributed by atoms with Crippen molar-refractivity contribution in [2.24, 2.45) is 11.8 Å². The van der Waals surface area contributed by atoms with Gasteiger partial charge < -0.3 is 15.5 Å². The summed E-state index contributed by atoms with van der Waals surface area (Å²) in [5, 5.41) is 23.5. The average Bonchev–Trinajstić information content (AvgIpc) is 2.89. The maximum atomic E-state index is 14.0. The Hall–Kier alpha value is -1.89. The van der Waals surface area contributed by atoms with Gasteiger partial charge in [-0.05, 0) is 37.0 Å². The minimum Gasteiger partial charge on any atom is -0.396 e. The summed E-state index contributed by atoms with van der Waals surface area (Å²) in [5.41, 5.74) is 1.16. The molecule has 3 N–H and O–H groups in total. The van der Waals surface area contributed by atoms with Crippen molar-refractivity contribution in [1.82, 2.24) is 15.3 Å². The van der Waals surface area contributed by atoms with E-state index in [1.807, 2.05) is 6.07 Å². The van der Waals surface area contributed by atoms with Gasteiger partial charge in [0.25, 0.3) is 0 Å². The van der Waals surface area contributed by atoms with E-state index in [0.717, 1.165) is 5.69 Å². The topological polar surface area (TPSA) is 78.3 Å². The molecule has 1 saturated carbocycles. The van der Waals surface area contributed by atoms with Gasteiger partial charge in [-0.15, -0.1) is 0 Å². The number of hydrogen-bond acceptors (Lipinski definition) is 5. The highest BCUT2D eigenvalue weighted by Gasteiger charge is 2.42. The van der Waals surface area contributed by atoms with Crippen LogP contribution in [-0.2, 0) is 6.42 Å². The Morgan fingerprint density at radius 3 is 2.69 bits per heavy atom. The maximum Gasteiger partial charge on any atom is 0.162 e. The van der Waals surface area contributed by atoms with Crippen molar-refractivity contribution in [1.29, 1.82) is 0 Å². The minimum absolute atomic E-state index is 0.0563. The summed E-state index contributed by atoms with van der Waals surface area (Å²) < 4.78 is 14.0. The van der Waals surface area contributed by atoms with E-state index in [2.05, 4.69) is 29.1 Å². The lowest BCUT2D eigenvalue weighted by Gasteiger charge is -2.26. The molecule has 4 unspecified atom stereocenters. The summed E-state index contributed by atoms with van der Waals surface area (Å²) in [4.78, 5) is 8.73. The first kappa shape index (κ1) is 18.9. The molecule has 0 saturated heterocycles. The number of nitrogens with one attached hydrogen (secondary N) is 1. The molecule has 2 aromatic rings. The summed E-state index contributed by atoms with van der Waals surface area (Å²) in [7, 11) is 0. The zero-order valence-electron chi connectivity index (χ0n) is 15.1. The van der Waals surface area contributed by atoms with Crippen molar-refractivity contribution in [3.8, 4) is 11.4 Å². The second-order valence-corrected chi connectivity index (χ2v) is 7.30. The van der Waals surface area contributed by atoms with Crippen LogP contribution in [0.3, 0.4) is 0 Å². The zero-order valence-corrected chi connectivity index (χ0v) is 15.1. The van der Waals surface area contributed by atoms with E-state index in [0.29, 0.717) is 24.2 Å². The van der Waals surface area contributed by atoms with Crippen molar-refractivity contribution in [3.63, 3.8) is 0 Å². The number of benzene rings is 1. The van der Waals surface area contributed by atoms with Crippen molar-refractivity contribution in [2.45, 2.75) is 44.9 Å². The van der Waals surface area contributed by atoms with Crippen LogP contribution in [0.15, 0.2) is 36.5 Å². The Bertz CT molecular complexity index is 741. The van der Waals surface area contributed by atoms with Crippen LogP contribution in [-0.4, -0.2) is 45.0 Å². The molecule has 1 aromatic heterocycles. The van der Waals surface area contributed by atoms with Crippen molar-refractivity contribution >= 4 is 0 Å². The van der Waals surface area contributed by atoms with Crippen LogP contribution in [0.5, 0.6) is 0 Å². The van der Waals surface area contributed by atoms with E-state index < -0.39 is 6.10 Å². The lowest BCUT2D eigenvalue weighted by molar-refractivity contribution is 0.0715. The Labute approximate surface area is 153 Å². The average molecular weight is 359 g/mol. The predicted octanol–water partition coefficient (Wildman–Crippen LogP) is 2.18. The molecular weight excluding hydrogens is 333 g/mol. The second kappa shape index (κ2) is 8.20. The molecular formula is C20H26FN3O2. The molecule has 4 atom stereocenters. The summed E-state index contributed by atoms with van der Waals surface area (Å²) in [6.45, 7) is 4.07. The molecule has 26 heavy (non-hydrogen) atoms. The summed E-state index contributed by atoms with van der Waals surface area (Å²) in [6.07, 6.45) is 2.30. The van der Waals surface area contributed by atoms with Crippen LogP contribution < -0.4 is 5.32 Å². The van der Waals surface area contributed by atoms with Crippen LogP contribution in [0.25, 0.3) is 11.4 Å². The van der Waals surface area contributed by atoms with Crippen molar-refractivity contribution < 1.29 is 14.6 Å². The van der Waals surface area contributed by atoms with Gasteiger partial charge in [-0.2, -0.15) is 0 Å². The molecule has 6 heteroatoms. The van der Waals surface area contributed by atoms with E-state index in [-0.39, 0.29) is 36.3 Å². The third-order valence-corrected chi connectivity index (χ3v) is 5.09. The highest BCUT2D eigenvalue weighted by atomic mass is 19.1. The van der Waals surface area contributed by atoms with Crippen LogP contribution in [0, 0.1) is 17.7 Å². The lowest BCUT2D eigenvalue weighted by Crippen LogP contribution is -2.40. The zero-order chi connectivity index (χ0) is 18.7. The summed E-state index contributed by atoms with van der Waals surface area (Å²) >= 11 is 0. The van der Waals surface area contributed by atoms with Gasteiger partial charge in [0, 0.05) is 36.5 Å². The van der Waals surface area contributed by atoms with Crippen LogP contribution in [0.4, 0.5) is 4.39 Å². The molecule has 1 heterocycles. The van der Waals surface area contributed by atoms with Gasteiger partial charge in [0.1, 0.15) is 5.82 Å². The first-order valence-electron chi connectivity index (χ1n) is 9.11. The van der Waals surface area contributed by atoms with E-state index in [9.17, 15) is 14.6 Å². The molecule has 0 amide bonds. The highest BCUT2D eigenvalue weighted by Crippen LogP contribution is 2.35. The predicted molar refractivity (Wildman–Crippen MR) is 97.9 cm³/mol. The standard InChI is InChI=1S/C20H26FN3O2/c1-12(2)23-18-10-19(26)16(11-25)15(18)9-13-7-8-22-20(24-13)14-5-3-4-6-17(14)21/h3-8,12,15-16,18-19,23,25-26H,9-11H2,1-2H3. The molecule has 1 aliphatic rings. The van der Waals surface area contributed by atoms with Crippen LogP contribution >= 0.6 is 0 Å². The molecule has 3 rings (SSSR count). The number of aromatic nitrogens is 2. The quantitative estimate of drug-likeness (QED) is 0.737. The molecule has 0 spiro atoms. The Balaban J connectivity index is 1.85. The molecule has 1 aromatic carbocycles. The van der Waals surface area contributed by atoms with E-state index in [1.165, 1.54) is 6.07 Å². The molecule has 0 radical (unpaired) electrons. The van der Waals surface area contributed by atoms with Gasteiger partial charge in [0.15, 0.2) is 5.82 Å². The SMILES string of the molecule is CC(C)NC1CC(O)C(CO)C1Cc1ccnc(-c2ccccc2F)n1. The monoisotopic (exact) mass is 359 g/mol. The molecule has 5 nitrogen and oxygen atoms in total. The number of hydrogen-bond donors (Lipinski definition) is 3. The van der Waals surface area contributed by atoms with Crippen LogP contribution in [0.1, 0.15) is 26.0 Å². The number of rotatable bonds is 6. The van der Waals surface area contributed by atoms with Crippen LogP contribution in [0.2, 0.25) is 0 Å². The Kier molecular flexibility index (Phi) is 5.96. The molecule has 1 aliphatic carbocycles. The largest absolute Gasteiger partial charge is 0.396 e. The first-order chi connectivity index (χ1) is 12.5. The number of aliphatic hydroxyl groups excluding tert-OH is 2. The second-order valence-electron chi connectivity index (χ2n) is 7.30. The third-order valence-electron chi connectivity index (χ3n) is 5.09. The number of halogens is 1. The van der Waals surface area contributed by atoms with Crippen molar-refractivity contribution in [2.75, 3.05) is 6.61 Å². The minimum atomic E-state index is -0.533. The maximum absolute atomic E-state index is 14.0. The smallest absolute Gasteiger partial charge is 0.162 e. The molecule has 140 valence electrons. The first-order valence-corrected chi connectivity index (χ1v) is 9.11. The molecule has 0 bridgehead atoms. The lowest BCUT2D eigenvalue weighted by atomic mass is 9.88. The third kappa shape index (κ3) is 4.09. The number of nitrogens with zero attached hydrogens (tertiary/aromatic N) is 2. The Morgan fingerprint density at radius 1 is 1.23 bits per heavy atom. The van der Waals surface area contributed by atoms with Gasteiger partial charge in [0.2, 0.25) is 0 Å². The fourth-order valence-corrected chi connectivity index (χ4v) is 3.89. The number of aliphatic hydroxyl groups is 2. The van der Waals surface area contributed by atoms with E-state index in [1.54, 1.807) is 24.4 Å². The van der Waals surface area contributed by atoms with Gasteiger partial charge in [0.05, 0.1) is 11.7 Å². The summed E-state index contributed by atoms with van der Waals surface area (Å²) in [6, 6.07) is 8.65. The fourth-order valence-electron chi connectivity index (χ4n) is 3.89. The normalized spacial score (nSPS) is 25.8. The van der Waals surface area contributed by atoms with Crippen molar-refractivity contribution in [3.05, 3.63) is 48.0 Å². The van der Waals surface area contributed by atoms with Gasteiger partial charge in [-0.25, -0.2) is 14.4 Å². The van der Waals surface area contributed by atoms with E-state index in [4.69, 9.17) is 0 Å². The van der Waals surface area contributed by atoms with E-state index >= 15 is 0 Å². The molecule has 1 fully saturated rings. The van der Waals surface area contributed by atoms with Gasteiger partial charge >= 0.3 is 0 Å². The molecule has 0 aliphatic heterocycles. The fraction of sp³-hybridized carbons (Fsp3) is 0.500.